The molecule has 186 valence electrons. The lowest BCUT2D eigenvalue weighted by molar-refractivity contribution is 0.110. The molecule has 2 amide bonds. The third-order valence-electron chi connectivity index (χ3n) is 6.48. The van der Waals surface area contributed by atoms with Crippen LogP contribution in [-0.4, -0.2) is 83.0 Å². The van der Waals surface area contributed by atoms with Crippen molar-refractivity contribution >= 4 is 60.2 Å². The van der Waals surface area contributed by atoms with Crippen LogP contribution in [0.15, 0.2) is 48.9 Å². The lowest BCUT2D eigenvalue weighted by atomic mass is 10.1. The number of benzene rings is 1. The molecule has 0 spiro atoms. The zero-order valence-corrected chi connectivity index (χ0v) is 22.0. The summed E-state index contributed by atoms with van der Waals surface area (Å²) in [5.41, 5.74) is 5.36. The Balaban J connectivity index is 1.31. The van der Waals surface area contributed by atoms with Crippen molar-refractivity contribution in [3.05, 3.63) is 54.5 Å². The number of nitrogens with one attached hydrogen (secondary N) is 3. The number of likely N-dealkylation sites (N-methyl/N-ethyl adjacent to an activating group) is 1. The number of H-pyrrole nitrogens is 2. The summed E-state index contributed by atoms with van der Waals surface area (Å²) in [4.78, 5) is 45.5. The van der Waals surface area contributed by atoms with Crippen molar-refractivity contribution in [1.29, 1.82) is 0 Å². The van der Waals surface area contributed by atoms with Gasteiger partial charge >= 0.3 is 6.03 Å². The number of para-hydroxylation sites is 1. The first-order chi connectivity index (χ1) is 18.0. The topological polar surface area (TPSA) is 136 Å². The largest absolute Gasteiger partial charge is 0.337 e. The summed E-state index contributed by atoms with van der Waals surface area (Å²) in [6.45, 7) is 3.08. The third-order valence-corrected chi connectivity index (χ3v) is 7.07. The van der Waals surface area contributed by atoms with E-state index >= 15 is 0 Å². The van der Waals surface area contributed by atoms with Crippen molar-refractivity contribution in [2.45, 2.75) is 0 Å². The molecule has 1 saturated heterocycles. The molecular weight excluding hydrogens is 585 g/mol. The van der Waals surface area contributed by atoms with Crippen LogP contribution >= 0.6 is 22.6 Å². The Morgan fingerprint density at radius 3 is 2.68 bits per heavy atom. The molecule has 5 heterocycles. The first-order valence-electron chi connectivity index (χ1n) is 11.7. The minimum Gasteiger partial charge on any atom is -0.337 e. The smallest absolute Gasteiger partial charge is 0.321 e. The third kappa shape index (κ3) is 4.53. The Morgan fingerprint density at radius 1 is 1.05 bits per heavy atom. The van der Waals surface area contributed by atoms with Crippen LogP contribution < -0.4 is 5.32 Å². The van der Waals surface area contributed by atoms with Crippen molar-refractivity contribution in [2.75, 3.05) is 38.5 Å². The monoisotopic (exact) mass is 607 g/mol. The molecule has 11 nitrogen and oxygen atoms in total. The van der Waals surface area contributed by atoms with Crippen LogP contribution in [0.1, 0.15) is 10.4 Å². The number of carbonyl (C=O) groups is 2. The number of aromatic amines is 2. The molecule has 0 bridgehead atoms. The van der Waals surface area contributed by atoms with Gasteiger partial charge in [-0.1, -0.05) is 6.07 Å². The summed E-state index contributed by atoms with van der Waals surface area (Å²) in [6.07, 6.45) is 5.09. The van der Waals surface area contributed by atoms with Crippen LogP contribution in [0.25, 0.3) is 44.7 Å². The van der Waals surface area contributed by atoms with Gasteiger partial charge in [0.2, 0.25) is 3.79 Å². The van der Waals surface area contributed by atoms with Crippen LogP contribution in [0.2, 0.25) is 0 Å². The summed E-state index contributed by atoms with van der Waals surface area (Å²) in [5.74, 6) is 0.563. The maximum absolute atomic E-state index is 12.7. The average Bonchev–Trinajstić information content (AvgIpc) is 3.52. The van der Waals surface area contributed by atoms with Gasteiger partial charge in [-0.15, -0.1) is 0 Å². The maximum Gasteiger partial charge on any atom is 0.321 e. The molecule has 6 rings (SSSR count). The summed E-state index contributed by atoms with van der Waals surface area (Å²) < 4.78 is -0.0771. The van der Waals surface area contributed by atoms with Crippen LogP contribution in [-0.2, 0) is 0 Å². The number of aromatic nitrogens is 6. The number of rotatable bonds is 4. The Hall–Kier alpha value is -3.91. The lowest BCUT2D eigenvalue weighted by Gasteiger charge is -2.32. The lowest BCUT2D eigenvalue weighted by Crippen LogP contribution is -2.48. The van der Waals surface area contributed by atoms with Crippen molar-refractivity contribution in [3.63, 3.8) is 0 Å². The van der Waals surface area contributed by atoms with Gasteiger partial charge in [-0.2, -0.15) is 5.10 Å². The summed E-state index contributed by atoms with van der Waals surface area (Å²) in [6, 6.07) is 9.17. The number of pyridine rings is 2. The highest BCUT2D eigenvalue weighted by Crippen LogP contribution is 2.30. The highest BCUT2D eigenvalue weighted by molar-refractivity contribution is 14.1. The van der Waals surface area contributed by atoms with E-state index < -0.39 is 0 Å². The number of anilines is 1. The van der Waals surface area contributed by atoms with Gasteiger partial charge in [0.15, 0.2) is 11.5 Å². The second-order valence-corrected chi connectivity index (χ2v) is 9.92. The van der Waals surface area contributed by atoms with Crippen molar-refractivity contribution in [2.24, 2.45) is 0 Å². The van der Waals surface area contributed by atoms with E-state index in [1.807, 2.05) is 29.2 Å². The van der Waals surface area contributed by atoms with Gasteiger partial charge in [-0.25, -0.2) is 14.8 Å². The number of nitrogens with zero attached hydrogens (tertiary/aromatic N) is 6. The van der Waals surface area contributed by atoms with E-state index in [9.17, 15) is 9.59 Å². The van der Waals surface area contributed by atoms with Gasteiger partial charge in [0.05, 0.1) is 28.4 Å². The number of amides is 2. The molecule has 0 radical (unpaired) electrons. The number of fused-ring (bicyclic) bond motifs is 2. The average molecular weight is 607 g/mol. The molecule has 3 N–H and O–H groups in total. The first-order valence-corrected chi connectivity index (χ1v) is 12.8. The van der Waals surface area contributed by atoms with E-state index in [2.05, 4.69) is 47.4 Å². The van der Waals surface area contributed by atoms with Gasteiger partial charge < -0.3 is 20.1 Å². The van der Waals surface area contributed by atoms with Crippen molar-refractivity contribution < 1.29 is 9.59 Å². The fourth-order valence-corrected chi connectivity index (χ4v) is 4.86. The molecule has 12 heteroatoms. The number of hydrogen-bond donors (Lipinski definition) is 3. The van der Waals surface area contributed by atoms with E-state index in [4.69, 9.17) is 0 Å². The van der Waals surface area contributed by atoms with Gasteiger partial charge in [0.25, 0.3) is 0 Å². The number of urea groups is 1. The van der Waals surface area contributed by atoms with Gasteiger partial charge in [-0.3, -0.25) is 14.9 Å². The molecular formula is C25H22IN9O2. The Bertz CT molecular complexity index is 1650. The summed E-state index contributed by atoms with van der Waals surface area (Å²) in [5, 5.41) is 11.1. The molecule has 37 heavy (non-hydrogen) atoms. The molecule has 0 aliphatic carbocycles. The predicted molar refractivity (Wildman–Crippen MR) is 149 cm³/mol. The molecule has 4 aromatic heterocycles. The van der Waals surface area contributed by atoms with E-state index in [1.54, 1.807) is 47.2 Å². The van der Waals surface area contributed by atoms with Gasteiger partial charge in [-0.05, 0) is 31.3 Å². The van der Waals surface area contributed by atoms with E-state index in [0.717, 1.165) is 35.1 Å². The van der Waals surface area contributed by atoms with Gasteiger partial charge in [0, 0.05) is 72.3 Å². The molecule has 5 aromatic rings. The quantitative estimate of drug-likeness (QED) is 0.208. The van der Waals surface area contributed by atoms with Gasteiger partial charge in [0.1, 0.15) is 11.2 Å². The molecule has 0 unspecified atom stereocenters. The van der Waals surface area contributed by atoms with E-state index in [-0.39, 0.29) is 9.82 Å². The number of carbonyl (C=O) groups excluding carboxylic acids is 2. The molecule has 0 saturated carbocycles. The first kappa shape index (κ1) is 23.5. The van der Waals surface area contributed by atoms with Crippen LogP contribution in [0.5, 0.6) is 0 Å². The van der Waals surface area contributed by atoms with E-state index in [1.165, 1.54) is 0 Å². The zero-order valence-electron chi connectivity index (χ0n) is 19.8. The Morgan fingerprint density at radius 2 is 1.86 bits per heavy atom. The molecule has 0 atom stereocenters. The number of imidazole rings is 1. The second kappa shape index (κ2) is 9.52. The predicted octanol–water partition coefficient (Wildman–Crippen LogP) is 3.92. The minimum absolute atomic E-state index is 0.0771. The van der Waals surface area contributed by atoms with Crippen LogP contribution in [0.4, 0.5) is 10.5 Å². The number of piperazine rings is 1. The highest BCUT2D eigenvalue weighted by atomic mass is 127. The minimum atomic E-state index is -0.132. The van der Waals surface area contributed by atoms with E-state index in [0.29, 0.717) is 47.0 Å². The molecule has 1 aliphatic rings. The normalized spacial score (nSPS) is 14.4. The Labute approximate surface area is 224 Å². The molecule has 1 fully saturated rings. The summed E-state index contributed by atoms with van der Waals surface area (Å²) >= 11 is 1.77. The maximum atomic E-state index is 12.7. The Kier molecular flexibility index (Phi) is 6.04. The fraction of sp³-hybridized carbons (Fsp3) is 0.200. The molecule has 1 aliphatic heterocycles. The SMILES string of the molecule is CN1CCN(C(=O)Nc2cncc(-c3cnc4n[nH]c(-c5nc6c(C(=O)I)cccc6[nH]5)c4c3)c2)CC1. The number of halogens is 1. The molecule has 1 aromatic carbocycles. The number of hydrogen-bond acceptors (Lipinski definition) is 7. The van der Waals surface area contributed by atoms with Crippen LogP contribution in [0, 0.1) is 0 Å². The van der Waals surface area contributed by atoms with Crippen molar-refractivity contribution in [1.82, 2.24) is 39.9 Å². The fourth-order valence-electron chi connectivity index (χ4n) is 4.43. The standard InChI is InChI=1S/C25H22IN9O2/c1-34-5-7-35(8-6-34)25(37)29-16-9-14(11-27-13-16)15-10-18-21(32-33-23(18)28-12-15)24-30-19-4-2-3-17(22(26)36)20(19)31-24/h2-4,9-13H,5-8H2,1H3,(H,29,37)(H,30,31)(H,28,32,33). The summed E-state index contributed by atoms with van der Waals surface area (Å²) in [7, 11) is 2.05. The van der Waals surface area contributed by atoms with Crippen LogP contribution in [0.3, 0.4) is 0 Å². The highest BCUT2D eigenvalue weighted by Gasteiger charge is 2.20. The van der Waals surface area contributed by atoms with Crippen molar-refractivity contribution in [3.8, 4) is 22.6 Å². The second-order valence-electron chi connectivity index (χ2n) is 8.94. The zero-order chi connectivity index (χ0) is 25.5.